The molecular weight excluding hydrogens is 458 g/mol. The van der Waals surface area contributed by atoms with Gasteiger partial charge >= 0.3 is 5.97 Å². The molecule has 1 heterocycles. The second-order valence-electron chi connectivity index (χ2n) is 6.99. The summed E-state index contributed by atoms with van der Waals surface area (Å²) in [6.45, 7) is 3.63. The Labute approximate surface area is 192 Å². The van der Waals surface area contributed by atoms with E-state index in [0.29, 0.717) is 36.6 Å². The number of ether oxygens (including phenoxy) is 3. The number of carbonyl (C=O) groups is 2. The lowest BCUT2D eigenvalue weighted by molar-refractivity contribution is 0.0474. The Morgan fingerprint density at radius 2 is 1.88 bits per heavy atom. The molecule has 0 radical (unpaired) electrons. The smallest absolute Gasteiger partial charge is 0.338 e. The van der Waals surface area contributed by atoms with Gasteiger partial charge in [-0.05, 0) is 56.2 Å². The average molecular weight is 482 g/mol. The lowest BCUT2D eigenvalue weighted by Crippen LogP contribution is -2.30. The molecule has 2 aromatic rings. The van der Waals surface area contributed by atoms with Crippen molar-refractivity contribution in [1.29, 1.82) is 0 Å². The van der Waals surface area contributed by atoms with Gasteiger partial charge in [-0.3, -0.25) is 9.10 Å². The molecular formula is C22H24ClNO7S. The van der Waals surface area contributed by atoms with Crippen molar-refractivity contribution in [3.05, 3.63) is 52.0 Å². The average Bonchev–Trinajstić information content (AvgIpc) is 3.22. The summed E-state index contributed by atoms with van der Waals surface area (Å²) < 4.78 is 41.6. The van der Waals surface area contributed by atoms with E-state index in [1.165, 1.54) is 29.6 Å². The molecule has 0 saturated heterocycles. The van der Waals surface area contributed by atoms with Crippen LogP contribution in [-0.2, 0) is 21.2 Å². The van der Waals surface area contributed by atoms with E-state index < -0.39 is 28.4 Å². The van der Waals surface area contributed by atoms with E-state index in [0.717, 1.165) is 5.56 Å². The molecule has 0 spiro atoms. The van der Waals surface area contributed by atoms with E-state index >= 15 is 0 Å². The molecule has 0 amide bonds. The van der Waals surface area contributed by atoms with Gasteiger partial charge in [0, 0.05) is 12.1 Å². The maximum absolute atomic E-state index is 12.6. The van der Waals surface area contributed by atoms with Gasteiger partial charge in [0.05, 0.1) is 35.7 Å². The number of hydrogen-bond donors (Lipinski definition) is 0. The summed E-state index contributed by atoms with van der Waals surface area (Å²) in [4.78, 5) is 25.0. The number of benzene rings is 2. The second-order valence-corrected chi connectivity index (χ2v) is 9.58. The zero-order valence-electron chi connectivity index (χ0n) is 18.0. The fourth-order valence-electron chi connectivity index (χ4n) is 3.41. The number of sulfonamides is 1. The second kappa shape index (κ2) is 9.79. The van der Waals surface area contributed by atoms with Crippen molar-refractivity contribution in [1.82, 2.24) is 0 Å². The van der Waals surface area contributed by atoms with Crippen molar-refractivity contribution in [3.8, 4) is 11.5 Å². The van der Waals surface area contributed by atoms with E-state index in [1.54, 1.807) is 26.0 Å². The zero-order valence-corrected chi connectivity index (χ0v) is 19.6. The molecule has 0 saturated carbocycles. The van der Waals surface area contributed by atoms with Crippen molar-refractivity contribution in [3.63, 3.8) is 0 Å². The van der Waals surface area contributed by atoms with Gasteiger partial charge in [0.25, 0.3) is 0 Å². The first-order valence-corrected chi connectivity index (χ1v) is 12.0. The number of fused-ring (bicyclic) bond motifs is 1. The number of carbonyl (C=O) groups excluding carboxylic acids is 2. The van der Waals surface area contributed by atoms with E-state index in [4.69, 9.17) is 25.8 Å². The van der Waals surface area contributed by atoms with Crippen LogP contribution in [0.1, 0.15) is 40.1 Å². The molecule has 2 aromatic carbocycles. The summed E-state index contributed by atoms with van der Waals surface area (Å²) in [5.41, 5.74) is 1.81. The van der Waals surface area contributed by atoms with Gasteiger partial charge in [0.2, 0.25) is 10.0 Å². The van der Waals surface area contributed by atoms with Crippen LogP contribution in [0.15, 0.2) is 30.3 Å². The number of halogens is 1. The van der Waals surface area contributed by atoms with Crippen LogP contribution < -0.4 is 13.8 Å². The molecule has 0 unspecified atom stereocenters. The highest BCUT2D eigenvalue weighted by atomic mass is 35.5. The molecule has 0 aromatic heterocycles. The van der Waals surface area contributed by atoms with E-state index in [-0.39, 0.29) is 22.1 Å². The first-order valence-electron chi connectivity index (χ1n) is 10.1. The highest BCUT2D eigenvalue weighted by Gasteiger charge is 2.28. The Morgan fingerprint density at radius 3 is 2.53 bits per heavy atom. The number of rotatable bonds is 9. The molecule has 0 fully saturated rings. The Morgan fingerprint density at radius 1 is 1.12 bits per heavy atom. The van der Waals surface area contributed by atoms with Crippen LogP contribution in [-0.4, -0.2) is 52.8 Å². The molecule has 1 aliphatic heterocycles. The molecule has 8 nitrogen and oxygen atoms in total. The molecule has 32 heavy (non-hydrogen) atoms. The third-order valence-corrected chi connectivity index (χ3v) is 7.10. The summed E-state index contributed by atoms with van der Waals surface area (Å²) in [6, 6.07) is 7.62. The number of hydrogen-bond acceptors (Lipinski definition) is 7. The third-order valence-electron chi connectivity index (χ3n) is 5.04. The van der Waals surface area contributed by atoms with Crippen molar-refractivity contribution >= 4 is 39.1 Å². The van der Waals surface area contributed by atoms with Gasteiger partial charge in [-0.2, -0.15) is 0 Å². The Bertz CT molecular complexity index is 1150. The van der Waals surface area contributed by atoms with Gasteiger partial charge in [0.1, 0.15) is 0 Å². The minimum atomic E-state index is -3.36. The first-order chi connectivity index (χ1) is 15.2. The summed E-state index contributed by atoms with van der Waals surface area (Å²) in [5, 5.41) is 0.190. The van der Waals surface area contributed by atoms with Crippen LogP contribution in [0.25, 0.3) is 0 Å². The highest BCUT2D eigenvalue weighted by molar-refractivity contribution is 7.92. The molecule has 0 atom stereocenters. The first kappa shape index (κ1) is 23.9. The topological polar surface area (TPSA) is 99.2 Å². The zero-order chi connectivity index (χ0) is 23.5. The summed E-state index contributed by atoms with van der Waals surface area (Å²) in [6.07, 6.45) is 0.514. The van der Waals surface area contributed by atoms with Crippen LogP contribution in [0.3, 0.4) is 0 Å². The van der Waals surface area contributed by atoms with Gasteiger partial charge in [-0.1, -0.05) is 11.6 Å². The number of Topliss-reactive ketones (excluding diaryl/α,β-unsaturated/α-hetero) is 1. The van der Waals surface area contributed by atoms with Gasteiger partial charge < -0.3 is 14.2 Å². The maximum atomic E-state index is 12.6. The monoisotopic (exact) mass is 481 g/mol. The molecule has 172 valence electrons. The van der Waals surface area contributed by atoms with Gasteiger partial charge in [0.15, 0.2) is 23.9 Å². The van der Waals surface area contributed by atoms with Crippen molar-refractivity contribution < 1.29 is 32.2 Å². The Kier molecular flexibility index (Phi) is 7.30. The fourth-order valence-corrected chi connectivity index (χ4v) is 4.83. The predicted octanol–water partition coefficient (Wildman–Crippen LogP) is 3.50. The normalized spacial score (nSPS) is 12.9. The summed E-state index contributed by atoms with van der Waals surface area (Å²) in [5.74, 6) is -0.530. The molecule has 0 N–H and O–H groups in total. The van der Waals surface area contributed by atoms with Gasteiger partial charge in [-0.15, -0.1) is 0 Å². The van der Waals surface area contributed by atoms with Gasteiger partial charge in [-0.25, -0.2) is 13.2 Å². The van der Waals surface area contributed by atoms with Crippen LogP contribution >= 0.6 is 11.6 Å². The quantitative estimate of drug-likeness (QED) is 0.399. The highest BCUT2D eigenvalue weighted by Crippen LogP contribution is 2.36. The number of ketones is 1. The number of anilines is 1. The molecule has 10 heteroatoms. The Balaban J connectivity index is 1.70. The molecule has 1 aliphatic rings. The van der Waals surface area contributed by atoms with Crippen LogP contribution in [0.2, 0.25) is 5.02 Å². The largest absolute Gasteiger partial charge is 0.493 e. The molecule has 3 rings (SSSR count). The van der Waals surface area contributed by atoms with Crippen molar-refractivity contribution in [2.45, 2.75) is 20.3 Å². The van der Waals surface area contributed by atoms with Crippen LogP contribution in [0.4, 0.5) is 5.69 Å². The fraction of sp³-hybridized carbons (Fsp3) is 0.364. The molecule has 0 aliphatic carbocycles. The summed E-state index contributed by atoms with van der Waals surface area (Å²) in [7, 11) is -1.94. The minimum absolute atomic E-state index is 0.00340. The lowest BCUT2D eigenvalue weighted by atomic mass is 10.1. The van der Waals surface area contributed by atoms with Crippen molar-refractivity contribution in [2.75, 3.05) is 36.9 Å². The standard InChI is InChI=1S/C22H24ClNO7S/c1-4-30-21-17(23)11-16(12-20(21)29-3)22(26)31-13-19(25)15-6-7-18-14(10-15)8-9-24(18)32(27,28)5-2/h6-7,10-12H,4-5,8-9,13H2,1-3H3. The van der Waals surface area contributed by atoms with E-state index in [2.05, 4.69) is 0 Å². The predicted molar refractivity (Wildman–Crippen MR) is 121 cm³/mol. The number of methoxy groups -OCH3 is 1. The third kappa shape index (κ3) is 4.83. The minimum Gasteiger partial charge on any atom is -0.493 e. The van der Waals surface area contributed by atoms with E-state index in [1.807, 2.05) is 0 Å². The van der Waals surface area contributed by atoms with Crippen molar-refractivity contribution in [2.24, 2.45) is 0 Å². The SMILES string of the molecule is CCOc1c(Cl)cc(C(=O)OCC(=O)c2ccc3c(c2)CCN3S(=O)(=O)CC)cc1OC. The number of esters is 1. The summed E-state index contributed by atoms with van der Waals surface area (Å²) >= 11 is 6.18. The van der Waals surface area contributed by atoms with Crippen LogP contribution in [0.5, 0.6) is 11.5 Å². The molecule has 0 bridgehead atoms. The Hall–Kier alpha value is -2.78. The number of nitrogens with zero attached hydrogens (tertiary/aromatic N) is 1. The van der Waals surface area contributed by atoms with E-state index in [9.17, 15) is 18.0 Å². The van der Waals surface area contributed by atoms with Crippen LogP contribution in [0, 0.1) is 0 Å². The lowest BCUT2D eigenvalue weighted by Gasteiger charge is -2.18. The maximum Gasteiger partial charge on any atom is 0.338 e.